The molecule has 0 amide bonds. The zero-order chi connectivity index (χ0) is 19.0. The number of carboxylic acids is 1. The molecule has 0 spiro atoms. The smallest absolute Gasteiger partial charge is 0.335 e. The van der Waals surface area contributed by atoms with Gasteiger partial charge in [-0.05, 0) is 62.4 Å². The van der Waals surface area contributed by atoms with Crippen molar-refractivity contribution in [3.05, 3.63) is 95.0 Å². The summed E-state index contributed by atoms with van der Waals surface area (Å²) in [5.41, 5.74) is 1.04. The monoisotopic (exact) mass is 362 g/mol. The van der Waals surface area contributed by atoms with Gasteiger partial charge in [-0.2, -0.15) is 0 Å². The highest BCUT2D eigenvalue weighted by atomic mass is 16.4. The Labute approximate surface area is 155 Å². The second kappa shape index (κ2) is 6.68. The lowest BCUT2D eigenvalue weighted by molar-refractivity contribution is 0.0697. The van der Waals surface area contributed by atoms with Crippen LogP contribution >= 0.6 is 0 Å². The average Bonchev–Trinajstić information content (AvgIpc) is 3.38. The quantitative estimate of drug-likeness (QED) is 0.498. The van der Waals surface area contributed by atoms with E-state index in [1.54, 1.807) is 24.3 Å². The normalized spacial score (nSPS) is 11.2. The highest BCUT2D eigenvalue weighted by molar-refractivity contribution is 5.88. The van der Waals surface area contributed by atoms with E-state index < -0.39 is 5.97 Å². The molecule has 136 valence electrons. The molecule has 0 saturated carbocycles. The molecule has 0 fully saturated rings. The van der Waals surface area contributed by atoms with Gasteiger partial charge in [0.25, 0.3) is 0 Å². The van der Waals surface area contributed by atoms with Gasteiger partial charge >= 0.3 is 5.97 Å². The zero-order valence-corrected chi connectivity index (χ0v) is 14.9. The van der Waals surface area contributed by atoms with E-state index in [-0.39, 0.29) is 11.5 Å². The minimum Gasteiger partial charge on any atom is -0.478 e. The van der Waals surface area contributed by atoms with Crippen LogP contribution in [-0.2, 0) is 0 Å². The van der Waals surface area contributed by atoms with Crippen molar-refractivity contribution < 1.29 is 23.2 Å². The minimum absolute atomic E-state index is 0.237. The Kier molecular flexibility index (Phi) is 4.20. The van der Waals surface area contributed by atoms with Crippen molar-refractivity contribution in [2.45, 2.75) is 19.8 Å². The number of hydrogen-bond donors (Lipinski definition) is 1. The van der Waals surface area contributed by atoms with E-state index in [4.69, 9.17) is 18.4 Å². The average molecular weight is 362 g/mol. The first-order valence-electron chi connectivity index (χ1n) is 8.57. The molecule has 0 bridgehead atoms. The van der Waals surface area contributed by atoms with Crippen molar-refractivity contribution >= 4 is 5.97 Å². The predicted molar refractivity (Wildman–Crippen MR) is 98.9 cm³/mol. The standard InChI is InChI=1S/C22H18O5/c1-13-3-9-18(25-13)21(19-10-4-14(2)26-19)20-12-11-17(27-20)15-5-7-16(8-6-15)22(23)24/h3-12,21H,1-2H3,(H,23,24). The Morgan fingerprint density at radius 1 is 0.741 bits per heavy atom. The van der Waals surface area contributed by atoms with Crippen LogP contribution in [0.5, 0.6) is 0 Å². The number of hydrogen-bond acceptors (Lipinski definition) is 4. The van der Waals surface area contributed by atoms with Crippen LogP contribution in [0.3, 0.4) is 0 Å². The molecule has 0 radical (unpaired) electrons. The van der Waals surface area contributed by atoms with Crippen molar-refractivity contribution in [2.75, 3.05) is 0 Å². The van der Waals surface area contributed by atoms with Gasteiger partial charge in [0.15, 0.2) is 0 Å². The van der Waals surface area contributed by atoms with Gasteiger partial charge in [0.2, 0.25) is 0 Å². The summed E-state index contributed by atoms with van der Waals surface area (Å²) in [5.74, 6) is 3.20. The SMILES string of the molecule is Cc1ccc(C(c2ccc(C)o2)c2ccc(-c3ccc(C(=O)O)cc3)o2)o1. The number of benzene rings is 1. The summed E-state index contributed by atoms with van der Waals surface area (Å²) in [5, 5.41) is 9.03. The van der Waals surface area contributed by atoms with E-state index in [0.717, 1.165) is 28.6 Å². The molecule has 4 rings (SSSR count). The van der Waals surface area contributed by atoms with Gasteiger partial charge in [-0.3, -0.25) is 0 Å². The summed E-state index contributed by atoms with van der Waals surface area (Å²) >= 11 is 0. The number of carbonyl (C=O) groups is 1. The Hall–Kier alpha value is -3.47. The third kappa shape index (κ3) is 3.31. The molecule has 0 aliphatic carbocycles. The summed E-state index contributed by atoms with van der Waals surface area (Å²) in [6.45, 7) is 3.79. The third-order valence-electron chi connectivity index (χ3n) is 4.42. The van der Waals surface area contributed by atoms with Crippen LogP contribution in [0.15, 0.2) is 73.9 Å². The number of furan rings is 3. The summed E-state index contributed by atoms with van der Waals surface area (Å²) < 4.78 is 17.8. The molecule has 3 aromatic heterocycles. The van der Waals surface area contributed by atoms with Crippen molar-refractivity contribution in [2.24, 2.45) is 0 Å². The highest BCUT2D eigenvalue weighted by Crippen LogP contribution is 2.36. The summed E-state index contributed by atoms with van der Waals surface area (Å²) in [4.78, 5) is 11.0. The molecule has 1 N–H and O–H groups in total. The van der Waals surface area contributed by atoms with E-state index in [0.29, 0.717) is 11.5 Å². The molecule has 0 saturated heterocycles. The topological polar surface area (TPSA) is 76.7 Å². The summed E-state index contributed by atoms with van der Waals surface area (Å²) in [7, 11) is 0. The maximum Gasteiger partial charge on any atom is 0.335 e. The first-order chi connectivity index (χ1) is 13.0. The van der Waals surface area contributed by atoms with Crippen molar-refractivity contribution in [3.8, 4) is 11.3 Å². The molecular formula is C22H18O5. The van der Waals surface area contributed by atoms with Gasteiger partial charge in [0, 0.05) is 5.56 Å². The van der Waals surface area contributed by atoms with Crippen molar-refractivity contribution in [1.29, 1.82) is 0 Å². The van der Waals surface area contributed by atoms with Crippen LogP contribution in [0.4, 0.5) is 0 Å². The van der Waals surface area contributed by atoms with Gasteiger partial charge in [-0.1, -0.05) is 12.1 Å². The van der Waals surface area contributed by atoms with Gasteiger partial charge in [-0.15, -0.1) is 0 Å². The molecule has 0 unspecified atom stereocenters. The molecule has 0 aliphatic rings. The number of aromatic carboxylic acids is 1. The van der Waals surface area contributed by atoms with Crippen molar-refractivity contribution in [3.63, 3.8) is 0 Å². The Morgan fingerprint density at radius 2 is 1.26 bits per heavy atom. The second-order valence-corrected chi connectivity index (χ2v) is 6.41. The first kappa shape index (κ1) is 17.0. The fraction of sp³-hybridized carbons (Fsp3) is 0.136. The summed E-state index contributed by atoms with van der Waals surface area (Å²) in [6, 6.07) is 18.0. The Bertz CT molecular complexity index is 1040. The van der Waals surface area contributed by atoms with Crippen LogP contribution in [0.25, 0.3) is 11.3 Å². The van der Waals surface area contributed by atoms with E-state index in [9.17, 15) is 4.79 Å². The Morgan fingerprint density at radius 3 is 1.74 bits per heavy atom. The van der Waals surface area contributed by atoms with Crippen LogP contribution in [-0.4, -0.2) is 11.1 Å². The first-order valence-corrected chi connectivity index (χ1v) is 8.57. The maximum absolute atomic E-state index is 11.0. The molecule has 5 heteroatoms. The van der Waals surface area contributed by atoms with E-state index in [2.05, 4.69) is 0 Å². The minimum atomic E-state index is -0.955. The highest BCUT2D eigenvalue weighted by Gasteiger charge is 2.26. The lowest BCUT2D eigenvalue weighted by Gasteiger charge is -2.09. The number of rotatable bonds is 5. The number of aryl methyl sites for hydroxylation is 2. The zero-order valence-electron chi connectivity index (χ0n) is 14.9. The van der Waals surface area contributed by atoms with Gasteiger partial charge in [-0.25, -0.2) is 4.79 Å². The molecule has 0 aliphatic heterocycles. The number of carboxylic acid groups (broad SMARTS) is 1. The molecule has 0 atom stereocenters. The molecular weight excluding hydrogens is 344 g/mol. The van der Waals surface area contributed by atoms with Gasteiger partial charge in [0.05, 0.1) is 5.56 Å². The van der Waals surface area contributed by atoms with Crippen LogP contribution in [0.1, 0.15) is 45.1 Å². The lowest BCUT2D eigenvalue weighted by atomic mass is 10.0. The molecule has 5 nitrogen and oxygen atoms in total. The fourth-order valence-electron chi connectivity index (χ4n) is 3.08. The fourth-order valence-corrected chi connectivity index (χ4v) is 3.08. The van der Waals surface area contributed by atoms with Gasteiger partial charge in [0.1, 0.15) is 40.5 Å². The third-order valence-corrected chi connectivity index (χ3v) is 4.42. The molecule has 1 aromatic carbocycles. The summed E-state index contributed by atoms with van der Waals surface area (Å²) in [6.07, 6.45) is 0. The van der Waals surface area contributed by atoms with Crippen LogP contribution in [0.2, 0.25) is 0 Å². The van der Waals surface area contributed by atoms with Gasteiger partial charge < -0.3 is 18.4 Å². The van der Waals surface area contributed by atoms with E-state index in [1.807, 2.05) is 50.2 Å². The van der Waals surface area contributed by atoms with Crippen LogP contribution < -0.4 is 0 Å². The van der Waals surface area contributed by atoms with Crippen molar-refractivity contribution in [1.82, 2.24) is 0 Å². The molecule has 4 aromatic rings. The maximum atomic E-state index is 11.0. The second-order valence-electron chi connectivity index (χ2n) is 6.41. The largest absolute Gasteiger partial charge is 0.478 e. The van der Waals surface area contributed by atoms with E-state index >= 15 is 0 Å². The Balaban J connectivity index is 1.72. The predicted octanol–water partition coefficient (Wildman–Crippen LogP) is 5.63. The van der Waals surface area contributed by atoms with E-state index in [1.165, 1.54) is 0 Å². The van der Waals surface area contributed by atoms with Crippen LogP contribution in [0, 0.1) is 13.8 Å². The molecule has 27 heavy (non-hydrogen) atoms. The lowest BCUT2D eigenvalue weighted by Crippen LogP contribution is -1.99. The molecule has 3 heterocycles.